The molecule has 0 spiro atoms. The molecule has 1 heterocycles. The number of pyridine rings is 1. The van der Waals surface area contributed by atoms with Crippen molar-refractivity contribution in [2.24, 2.45) is 0 Å². The molecule has 3 N–H and O–H groups in total. The third-order valence-electron chi connectivity index (χ3n) is 5.95. The molecule has 0 fully saturated rings. The van der Waals surface area contributed by atoms with E-state index in [-0.39, 0.29) is 11.8 Å². The van der Waals surface area contributed by atoms with Crippen molar-refractivity contribution in [1.29, 1.82) is 0 Å². The third-order valence-corrected chi connectivity index (χ3v) is 5.95. The number of aromatic nitrogens is 1. The molecule has 3 aromatic carbocycles. The number of nitrogens with zero attached hydrogens (tertiary/aromatic N) is 2. The largest absolute Gasteiger partial charge is 0.378 e. The minimum atomic E-state index is -0.0158. The molecule has 0 aliphatic carbocycles. The molecule has 2 amide bonds. The number of benzene rings is 3. The van der Waals surface area contributed by atoms with Crippen LogP contribution in [0.1, 0.15) is 39.5 Å². The van der Waals surface area contributed by atoms with E-state index in [0.29, 0.717) is 24.2 Å². The fourth-order valence-electron chi connectivity index (χ4n) is 4.12. The Morgan fingerprint density at radius 1 is 0.722 bits per heavy atom. The zero-order valence-electron chi connectivity index (χ0n) is 21.3. The normalized spacial score (nSPS) is 10.9. The predicted molar refractivity (Wildman–Crippen MR) is 150 cm³/mol. The van der Waals surface area contributed by atoms with Crippen LogP contribution in [-0.2, 0) is 9.59 Å². The van der Waals surface area contributed by atoms with E-state index in [1.54, 1.807) is 0 Å². The van der Waals surface area contributed by atoms with Gasteiger partial charge in [0.1, 0.15) is 0 Å². The van der Waals surface area contributed by atoms with Gasteiger partial charge in [-0.3, -0.25) is 9.59 Å². The number of carbonyl (C=O) groups is 2. The van der Waals surface area contributed by atoms with Crippen LogP contribution in [0.25, 0.3) is 21.8 Å². The second-order valence-electron chi connectivity index (χ2n) is 9.11. The first kappa shape index (κ1) is 25.0. The summed E-state index contributed by atoms with van der Waals surface area (Å²) in [5, 5.41) is 11.4. The van der Waals surface area contributed by atoms with Crippen LogP contribution in [0.15, 0.2) is 60.7 Å². The third kappa shape index (κ3) is 5.74. The summed E-state index contributed by atoms with van der Waals surface area (Å²) in [5.41, 5.74) is 5.91. The summed E-state index contributed by atoms with van der Waals surface area (Å²) in [6, 6.07) is 19.8. The van der Waals surface area contributed by atoms with Gasteiger partial charge in [0.2, 0.25) is 11.8 Å². The molecule has 0 atom stereocenters. The Kier molecular flexibility index (Phi) is 7.68. The van der Waals surface area contributed by atoms with Crippen LogP contribution in [0.3, 0.4) is 0 Å². The highest BCUT2D eigenvalue weighted by molar-refractivity contribution is 6.10. The second-order valence-corrected chi connectivity index (χ2v) is 9.11. The van der Waals surface area contributed by atoms with Crippen molar-refractivity contribution in [1.82, 2.24) is 4.98 Å². The number of fused-ring (bicyclic) bond motifs is 2. The Balaban J connectivity index is 1.80. The summed E-state index contributed by atoms with van der Waals surface area (Å²) in [4.78, 5) is 31.3. The first-order chi connectivity index (χ1) is 17.4. The Labute approximate surface area is 211 Å². The molecule has 186 valence electrons. The van der Waals surface area contributed by atoms with E-state index in [9.17, 15) is 9.59 Å². The Morgan fingerprint density at radius 2 is 1.19 bits per heavy atom. The molecule has 7 heteroatoms. The van der Waals surface area contributed by atoms with Gasteiger partial charge in [0.15, 0.2) is 0 Å². The number of rotatable bonds is 9. The predicted octanol–water partition coefficient (Wildman–Crippen LogP) is 6.67. The molecule has 0 aliphatic rings. The van der Waals surface area contributed by atoms with Crippen LogP contribution in [0, 0.1) is 0 Å². The molecule has 0 unspecified atom stereocenters. The lowest BCUT2D eigenvalue weighted by Crippen LogP contribution is -2.11. The SMILES string of the molecule is CCCC(=O)Nc1ccc2c(Nc3ccc(N(C)C)cc3)c3ccc(NC(=O)CCC)cc3nc2c1. The van der Waals surface area contributed by atoms with Crippen molar-refractivity contribution >= 4 is 62.1 Å². The fourth-order valence-corrected chi connectivity index (χ4v) is 4.12. The van der Waals surface area contributed by atoms with Crippen LogP contribution in [0.2, 0.25) is 0 Å². The van der Waals surface area contributed by atoms with Gasteiger partial charge in [0.25, 0.3) is 0 Å². The number of carbonyl (C=O) groups excluding carboxylic acids is 2. The van der Waals surface area contributed by atoms with Crippen LogP contribution in [0.4, 0.5) is 28.4 Å². The first-order valence-electron chi connectivity index (χ1n) is 12.4. The van der Waals surface area contributed by atoms with Gasteiger partial charge in [-0.25, -0.2) is 4.98 Å². The summed E-state index contributed by atoms with van der Waals surface area (Å²) < 4.78 is 0. The zero-order valence-corrected chi connectivity index (χ0v) is 21.3. The topological polar surface area (TPSA) is 86.4 Å². The molecule has 4 aromatic rings. The van der Waals surface area contributed by atoms with E-state index in [1.165, 1.54) is 0 Å². The van der Waals surface area contributed by atoms with Gasteiger partial charge >= 0.3 is 0 Å². The second kappa shape index (κ2) is 11.1. The van der Waals surface area contributed by atoms with Crippen molar-refractivity contribution in [2.75, 3.05) is 34.9 Å². The van der Waals surface area contributed by atoms with E-state index < -0.39 is 0 Å². The molecule has 0 saturated heterocycles. The molecule has 0 bridgehead atoms. The molecular weight excluding hydrogens is 450 g/mol. The van der Waals surface area contributed by atoms with Crippen molar-refractivity contribution < 1.29 is 9.59 Å². The van der Waals surface area contributed by atoms with Crippen LogP contribution < -0.4 is 20.9 Å². The van der Waals surface area contributed by atoms with E-state index in [0.717, 1.165) is 51.7 Å². The molecule has 7 nitrogen and oxygen atoms in total. The number of hydrogen-bond donors (Lipinski definition) is 3. The quantitative estimate of drug-likeness (QED) is 0.231. The maximum Gasteiger partial charge on any atom is 0.224 e. The summed E-state index contributed by atoms with van der Waals surface area (Å²) in [6.07, 6.45) is 2.52. The Hall–Kier alpha value is -4.13. The Morgan fingerprint density at radius 3 is 1.64 bits per heavy atom. The van der Waals surface area contributed by atoms with E-state index >= 15 is 0 Å². The average molecular weight is 484 g/mol. The zero-order chi connectivity index (χ0) is 25.7. The molecule has 4 rings (SSSR count). The van der Waals surface area contributed by atoms with Gasteiger partial charge in [-0.1, -0.05) is 13.8 Å². The molecule has 1 aromatic heterocycles. The number of nitrogens with one attached hydrogen (secondary N) is 3. The van der Waals surface area contributed by atoms with Crippen molar-refractivity contribution in [3.63, 3.8) is 0 Å². The molecule has 0 aliphatic heterocycles. The minimum Gasteiger partial charge on any atom is -0.378 e. The first-order valence-corrected chi connectivity index (χ1v) is 12.4. The van der Waals surface area contributed by atoms with Crippen molar-refractivity contribution in [2.45, 2.75) is 39.5 Å². The van der Waals surface area contributed by atoms with E-state index in [1.807, 2.05) is 76.5 Å². The highest BCUT2D eigenvalue weighted by Crippen LogP contribution is 2.35. The van der Waals surface area contributed by atoms with Crippen LogP contribution in [0.5, 0.6) is 0 Å². The summed E-state index contributed by atoms with van der Waals surface area (Å²) in [5.74, 6) is -0.0317. The number of hydrogen-bond acceptors (Lipinski definition) is 5. The van der Waals surface area contributed by atoms with Crippen LogP contribution >= 0.6 is 0 Å². The average Bonchev–Trinajstić information content (AvgIpc) is 2.84. The molecule has 0 saturated carbocycles. The highest BCUT2D eigenvalue weighted by atomic mass is 16.2. The number of amides is 2. The van der Waals surface area contributed by atoms with Gasteiger partial charge in [-0.2, -0.15) is 0 Å². The van der Waals surface area contributed by atoms with Crippen molar-refractivity contribution in [3.05, 3.63) is 60.7 Å². The summed E-state index contributed by atoms with van der Waals surface area (Å²) in [7, 11) is 4.03. The van der Waals surface area contributed by atoms with E-state index in [4.69, 9.17) is 4.98 Å². The monoisotopic (exact) mass is 483 g/mol. The molecular formula is C29H33N5O2. The van der Waals surface area contributed by atoms with Gasteiger partial charge in [-0.15, -0.1) is 0 Å². The summed E-state index contributed by atoms with van der Waals surface area (Å²) in [6.45, 7) is 3.96. The van der Waals surface area contributed by atoms with E-state index in [2.05, 4.69) is 33.0 Å². The van der Waals surface area contributed by atoms with Crippen LogP contribution in [-0.4, -0.2) is 30.9 Å². The summed E-state index contributed by atoms with van der Waals surface area (Å²) >= 11 is 0. The fraction of sp³-hybridized carbons (Fsp3) is 0.276. The lowest BCUT2D eigenvalue weighted by Gasteiger charge is -2.17. The molecule has 0 radical (unpaired) electrons. The van der Waals surface area contributed by atoms with Gasteiger partial charge < -0.3 is 20.9 Å². The van der Waals surface area contributed by atoms with Crippen molar-refractivity contribution in [3.8, 4) is 0 Å². The lowest BCUT2D eigenvalue weighted by molar-refractivity contribution is -0.117. The van der Waals surface area contributed by atoms with Gasteiger partial charge in [-0.05, 0) is 73.5 Å². The maximum absolute atomic E-state index is 12.2. The standard InChI is InChI=1S/C29H33N5O2/c1-5-7-27(35)30-20-11-15-23-25(17-20)33-26-18-21(31-28(36)8-6-2)12-16-24(26)29(23)32-19-9-13-22(14-10-19)34(3)4/h9-18H,5-8H2,1-4H3,(H,30,35)(H,31,36)(H,32,33). The smallest absolute Gasteiger partial charge is 0.224 e. The Bertz CT molecular complexity index is 1320. The van der Waals surface area contributed by atoms with Gasteiger partial charge in [0, 0.05) is 60.5 Å². The maximum atomic E-state index is 12.2. The van der Waals surface area contributed by atoms with Gasteiger partial charge in [0.05, 0.1) is 16.7 Å². The highest BCUT2D eigenvalue weighted by Gasteiger charge is 2.13. The minimum absolute atomic E-state index is 0.0158. The lowest BCUT2D eigenvalue weighted by atomic mass is 10.1. The number of anilines is 5. The molecule has 36 heavy (non-hydrogen) atoms.